The van der Waals surface area contributed by atoms with Gasteiger partial charge in [-0.3, -0.25) is 0 Å². The Hall–Kier alpha value is -0.140. The van der Waals surface area contributed by atoms with Crippen molar-refractivity contribution in [3.8, 4) is 0 Å². The summed E-state index contributed by atoms with van der Waals surface area (Å²) in [4.78, 5) is 0. The molecule has 6 heteroatoms. The van der Waals surface area contributed by atoms with Gasteiger partial charge < -0.3 is 10.4 Å². The molecule has 0 saturated heterocycles. The summed E-state index contributed by atoms with van der Waals surface area (Å²) >= 11 is 7.25. The zero-order chi connectivity index (χ0) is 11.4. The van der Waals surface area contributed by atoms with E-state index in [1.54, 1.807) is 0 Å². The van der Waals surface area contributed by atoms with E-state index in [-0.39, 0.29) is 18.1 Å². The molecule has 0 amide bonds. The Labute approximate surface area is 105 Å². The number of hydrogen-bond donors (Lipinski definition) is 2. The Balaban J connectivity index is 2.80. The smallest absolute Gasteiger partial charge is 0.182 e. The van der Waals surface area contributed by atoms with Crippen molar-refractivity contribution in [2.75, 3.05) is 17.7 Å². The molecule has 2 nitrogen and oxygen atoms in total. The number of benzene rings is 1. The molecule has 0 aliphatic heterocycles. The Kier molecular flexibility index (Phi) is 5.01. The highest BCUT2D eigenvalue weighted by molar-refractivity contribution is 14.1. The van der Waals surface area contributed by atoms with Gasteiger partial charge in [0.15, 0.2) is 11.6 Å². The summed E-state index contributed by atoms with van der Waals surface area (Å²) in [5.74, 6) is -1.82. The van der Waals surface area contributed by atoms with Gasteiger partial charge in [-0.15, -0.1) is 11.6 Å². The Bertz CT molecular complexity index is 351. The van der Waals surface area contributed by atoms with Crippen molar-refractivity contribution in [3.63, 3.8) is 0 Å². The van der Waals surface area contributed by atoms with Gasteiger partial charge in [0.25, 0.3) is 0 Å². The standard InChI is InChI=1S/C9H9ClF2INO/c10-3-5(15)4-14-9-7(13)2-1-6(11)8(9)12/h1-2,5,14-15H,3-4H2. The molecule has 1 aromatic rings. The fourth-order valence-corrected chi connectivity index (χ4v) is 1.68. The minimum absolute atomic E-state index is 0.0422. The predicted octanol–water partition coefficient (Wildman–Crippen LogP) is 2.58. The topological polar surface area (TPSA) is 32.3 Å². The number of nitrogens with one attached hydrogen (secondary N) is 1. The first-order valence-electron chi connectivity index (χ1n) is 4.17. The summed E-state index contributed by atoms with van der Waals surface area (Å²) in [5.41, 5.74) is 0.0553. The summed E-state index contributed by atoms with van der Waals surface area (Å²) < 4.78 is 26.7. The number of aliphatic hydroxyl groups is 1. The number of hydrogen-bond acceptors (Lipinski definition) is 2. The van der Waals surface area contributed by atoms with Crippen LogP contribution in [-0.4, -0.2) is 23.6 Å². The maximum atomic E-state index is 13.3. The first-order chi connectivity index (χ1) is 7.06. The number of rotatable bonds is 4. The highest BCUT2D eigenvalue weighted by atomic mass is 127. The van der Waals surface area contributed by atoms with Crippen LogP contribution in [0.2, 0.25) is 0 Å². The van der Waals surface area contributed by atoms with Crippen LogP contribution in [0.1, 0.15) is 0 Å². The lowest BCUT2D eigenvalue weighted by Crippen LogP contribution is -2.21. The van der Waals surface area contributed by atoms with Crippen molar-refractivity contribution in [1.29, 1.82) is 0 Å². The van der Waals surface area contributed by atoms with E-state index in [4.69, 9.17) is 16.7 Å². The second kappa shape index (κ2) is 5.81. The summed E-state index contributed by atoms with van der Waals surface area (Å²) in [6, 6.07) is 2.51. The van der Waals surface area contributed by atoms with Gasteiger partial charge in [0, 0.05) is 10.1 Å². The SMILES string of the molecule is OC(CCl)CNc1c(I)ccc(F)c1F. The van der Waals surface area contributed by atoms with Gasteiger partial charge in [0.05, 0.1) is 17.7 Å². The molecule has 0 saturated carbocycles. The Morgan fingerprint density at radius 2 is 2.13 bits per heavy atom. The zero-order valence-electron chi connectivity index (χ0n) is 7.61. The molecular weight excluding hydrogens is 338 g/mol. The molecule has 0 spiro atoms. The third-order valence-corrected chi connectivity index (χ3v) is 2.99. The van der Waals surface area contributed by atoms with Crippen molar-refractivity contribution in [1.82, 2.24) is 0 Å². The van der Waals surface area contributed by atoms with E-state index in [0.29, 0.717) is 3.57 Å². The fourth-order valence-electron chi connectivity index (χ4n) is 0.964. The van der Waals surface area contributed by atoms with E-state index < -0.39 is 17.7 Å². The summed E-state index contributed by atoms with van der Waals surface area (Å²) in [6.07, 6.45) is -0.787. The zero-order valence-corrected chi connectivity index (χ0v) is 10.5. The minimum atomic E-state index is -0.941. The van der Waals surface area contributed by atoms with Gasteiger partial charge in [0.2, 0.25) is 0 Å². The highest BCUT2D eigenvalue weighted by Crippen LogP contribution is 2.23. The Morgan fingerprint density at radius 1 is 1.47 bits per heavy atom. The highest BCUT2D eigenvalue weighted by Gasteiger charge is 2.12. The molecule has 84 valence electrons. The quantitative estimate of drug-likeness (QED) is 0.498. The molecule has 0 radical (unpaired) electrons. The van der Waals surface area contributed by atoms with Crippen LogP contribution < -0.4 is 5.32 Å². The van der Waals surface area contributed by atoms with Crippen molar-refractivity contribution >= 4 is 39.9 Å². The molecule has 2 N–H and O–H groups in total. The minimum Gasteiger partial charge on any atom is -0.390 e. The van der Waals surface area contributed by atoms with E-state index in [0.717, 1.165) is 6.07 Å². The number of alkyl halides is 1. The first kappa shape index (κ1) is 12.9. The lowest BCUT2D eigenvalue weighted by atomic mass is 10.3. The number of aliphatic hydroxyl groups excluding tert-OH is 1. The van der Waals surface area contributed by atoms with Crippen LogP contribution in [0.25, 0.3) is 0 Å². The van der Waals surface area contributed by atoms with Gasteiger partial charge in [-0.25, -0.2) is 8.78 Å². The van der Waals surface area contributed by atoms with E-state index >= 15 is 0 Å². The van der Waals surface area contributed by atoms with Gasteiger partial charge in [-0.2, -0.15) is 0 Å². The second-order valence-corrected chi connectivity index (χ2v) is 4.38. The maximum Gasteiger partial charge on any atom is 0.182 e. The van der Waals surface area contributed by atoms with Crippen LogP contribution in [-0.2, 0) is 0 Å². The second-order valence-electron chi connectivity index (χ2n) is 2.91. The van der Waals surface area contributed by atoms with Crippen LogP contribution in [0, 0.1) is 15.2 Å². The van der Waals surface area contributed by atoms with E-state index in [1.807, 2.05) is 22.6 Å². The van der Waals surface area contributed by atoms with Crippen LogP contribution in [0.3, 0.4) is 0 Å². The molecule has 1 rings (SSSR count). The fraction of sp³-hybridized carbons (Fsp3) is 0.333. The monoisotopic (exact) mass is 347 g/mol. The molecule has 1 atom stereocenters. The normalized spacial score (nSPS) is 12.6. The molecule has 1 unspecified atom stereocenters. The van der Waals surface area contributed by atoms with Crippen molar-refractivity contribution in [2.45, 2.75) is 6.10 Å². The van der Waals surface area contributed by atoms with Crippen LogP contribution in [0.5, 0.6) is 0 Å². The molecule has 0 fully saturated rings. The molecule has 0 aliphatic rings. The molecule has 15 heavy (non-hydrogen) atoms. The average molecular weight is 348 g/mol. The van der Waals surface area contributed by atoms with Gasteiger partial charge >= 0.3 is 0 Å². The molecule has 0 aromatic heterocycles. The summed E-state index contributed by atoms with van der Waals surface area (Å²) in [5, 5.41) is 11.8. The van der Waals surface area contributed by atoms with Gasteiger partial charge in [0.1, 0.15) is 0 Å². The van der Waals surface area contributed by atoms with E-state index in [1.165, 1.54) is 6.07 Å². The van der Waals surface area contributed by atoms with Crippen molar-refractivity contribution in [3.05, 3.63) is 27.3 Å². The lowest BCUT2D eigenvalue weighted by Gasteiger charge is -2.12. The summed E-state index contributed by atoms with van der Waals surface area (Å²) in [7, 11) is 0. The van der Waals surface area contributed by atoms with E-state index in [9.17, 15) is 8.78 Å². The van der Waals surface area contributed by atoms with E-state index in [2.05, 4.69) is 5.32 Å². The first-order valence-corrected chi connectivity index (χ1v) is 5.79. The predicted molar refractivity (Wildman–Crippen MR) is 64.3 cm³/mol. The maximum absolute atomic E-state index is 13.3. The molecule has 1 aromatic carbocycles. The lowest BCUT2D eigenvalue weighted by molar-refractivity contribution is 0.211. The summed E-state index contributed by atoms with van der Waals surface area (Å²) in [6.45, 7) is 0.0832. The van der Waals surface area contributed by atoms with Gasteiger partial charge in [-0.05, 0) is 34.7 Å². The van der Waals surface area contributed by atoms with Crippen molar-refractivity contribution in [2.24, 2.45) is 0 Å². The molecule has 0 heterocycles. The van der Waals surface area contributed by atoms with Crippen LogP contribution >= 0.6 is 34.2 Å². The molecular formula is C9H9ClF2INO. The van der Waals surface area contributed by atoms with Crippen molar-refractivity contribution < 1.29 is 13.9 Å². The van der Waals surface area contributed by atoms with Crippen LogP contribution in [0.15, 0.2) is 12.1 Å². The molecule has 0 aliphatic carbocycles. The third-order valence-electron chi connectivity index (χ3n) is 1.74. The third kappa shape index (κ3) is 3.42. The number of halogens is 4. The van der Waals surface area contributed by atoms with Crippen LogP contribution in [0.4, 0.5) is 14.5 Å². The Morgan fingerprint density at radius 3 is 2.73 bits per heavy atom. The largest absolute Gasteiger partial charge is 0.390 e. The molecule has 0 bridgehead atoms. The average Bonchev–Trinajstić information content (AvgIpc) is 2.23. The number of anilines is 1. The van der Waals surface area contributed by atoms with Gasteiger partial charge in [-0.1, -0.05) is 0 Å².